The van der Waals surface area contributed by atoms with Gasteiger partial charge in [0, 0.05) is 10.3 Å². The molecule has 0 radical (unpaired) electrons. The van der Waals surface area contributed by atoms with E-state index in [9.17, 15) is 0 Å². The first kappa shape index (κ1) is 14.5. The zero-order valence-electron chi connectivity index (χ0n) is 12.2. The van der Waals surface area contributed by atoms with Crippen LogP contribution in [0.4, 0.5) is 0 Å². The molecule has 104 valence electrons. The van der Waals surface area contributed by atoms with Crippen molar-refractivity contribution >= 4 is 11.3 Å². The van der Waals surface area contributed by atoms with Crippen LogP contribution in [0.1, 0.15) is 31.3 Å². The van der Waals surface area contributed by atoms with Gasteiger partial charge in [-0.3, -0.25) is 0 Å². The minimum absolute atomic E-state index is 0.0665. The van der Waals surface area contributed by atoms with Crippen molar-refractivity contribution in [2.75, 3.05) is 7.11 Å². The first-order valence-corrected chi connectivity index (χ1v) is 7.29. The van der Waals surface area contributed by atoms with Crippen molar-refractivity contribution in [3.05, 3.63) is 34.8 Å². The van der Waals surface area contributed by atoms with Crippen LogP contribution in [0.2, 0.25) is 0 Å². The highest BCUT2D eigenvalue weighted by atomic mass is 32.1. The number of nitrogens with zero attached hydrogens (tertiary/aromatic N) is 2. The number of thiazole rings is 1. The normalized spacial score (nSPS) is 11.2. The van der Waals surface area contributed by atoms with Crippen LogP contribution in [0.3, 0.4) is 0 Å². The molecule has 20 heavy (non-hydrogen) atoms. The average Bonchev–Trinajstić information content (AvgIpc) is 2.83. The number of aromatic nitrogens is 1. The third kappa shape index (κ3) is 2.83. The van der Waals surface area contributed by atoms with Crippen LogP contribution in [0.25, 0.3) is 10.6 Å². The van der Waals surface area contributed by atoms with Gasteiger partial charge in [-0.2, -0.15) is 5.26 Å². The molecule has 2 aromatic rings. The standard InChI is InChI=1S/C16H18N2OS/c1-16(2,3)14-13(9-10-17)20-15(18-14)11-7-5-6-8-12(11)19-4/h5-8H,9H2,1-4H3. The number of nitriles is 1. The smallest absolute Gasteiger partial charge is 0.129 e. The monoisotopic (exact) mass is 286 g/mol. The lowest BCUT2D eigenvalue weighted by Crippen LogP contribution is -2.13. The van der Waals surface area contributed by atoms with Crippen LogP contribution in [-0.4, -0.2) is 12.1 Å². The van der Waals surface area contributed by atoms with Gasteiger partial charge in [0.25, 0.3) is 0 Å². The highest BCUT2D eigenvalue weighted by molar-refractivity contribution is 7.15. The Morgan fingerprint density at radius 2 is 2.00 bits per heavy atom. The first-order chi connectivity index (χ1) is 9.47. The number of hydrogen-bond donors (Lipinski definition) is 0. The zero-order chi connectivity index (χ0) is 14.8. The van der Waals surface area contributed by atoms with Gasteiger partial charge in [-0.05, 0) is 12.1 Å². The second-order valence-corrected chi connectivity index (χ2v) is 6.66. The summed E-state index contributed by atoms with van der Waals surface area (Å²) in [5.74, 6) is 0.810. The predicted octanol–water partition coefficient (Wildman–Crippen LogP) is 4.18. The number of methoxy groups -OCH3 is 1. The molecule has 0 aliphatic rings. The number of para-hydroxylation sites is 1. The number of ether oxygens (including phenoxy) is 1. The third-order valence-electron chi connectivity index (χ3n) is 2.98. The maximum Gasteiger partial charge on any atom is 0.129 e. The van der Waals surface area contributed by atoms with E-state index in [0.29, 0.717) is 6.42 Å². The molecular formula is C16H18N2OS. The van der Waals surface area contributed by atoms with Crippen molar-refractivity contribution in [3.63, 3.8) is 0 Å². The van der Waals surface area contributed by atoms with Crippen LogP contribution in [0.15, 0.2) is 24.3 Å². The second-order valence-electron chi connectivity index (χ2n) is 5.58. The van der Waals surface area contributed by atoms with E-state index in [-0.39, 0.29) is 5.41 Å². The Labute approximate surface area is 123 Å². The molecule has 0 spiro atoms. The van der Waals surface area contributed by atoms with Crippen LogP contribution in [-0.2, 0) is 11.8 Å². The Morgan fingerprint density at radius 1 is 1.30 bits per heavy atom. The van der Waals surface area contributed by atoms with Gasteiger partial charge in [0.05, 0.1) is 30.9 Å². The van der Waals surface area contributed by atoms with Gasteiger partial charge >= 0.3 is 0 Å². The van der Waals surface area contributed by atoms with Crippen molar-refractivity contribution < 1.29 is 4.74 Å². The highest BCUT2D eigenvalue weighted by Crippen LogP contribution is 2.38. The molecule has 0 bridgehead atoms. The molecule has 0 aliphatic carbocycles. The number of benzene rings is 1. The lowest BCUT2D eigenvalue weighted by atomic mass is 9.91. The van der Waals surface area contributed by atoms with Crippen molar-refractivity contribution in [2.45, 2.75) is 32.6 Å². The van der Waals surface area contributed by atoms with Crippen LogP contribution in [0.5, 0.6) is 5.75 Å². The Bertz CT molecular complexity index is 647. The molecular weight excluding hydrogens is 268 g/mol. The molecule has 0 fully saturated rings. The quantitative estimate of drug-likeness (QED) is 0.850. The summed E-state index contributed by atoms with van der Waals surface area (Å²) in [4.78, 5) is 5.81. The zero-order valence-corrected chi connectivity index (χ0v) is 13.0. The second kappa shape index (κ2) is 5.64. The van der Waals surface area contributed by atoms with Crippen LogP contribution < -0.4 is 4.74 Å². The van der Waals surface area contributed by atoms with E-state index < -0.39 is 0 Å². The fraction of sp³-hybridized carbons (Fsp3) is 0.375. The van der Waals surface area contributed by atoms with Crippen molar-refractivity contribution in [1.29, 1.82) is 5.26 Å². The fourth-order valence-electron chi connectivity index (χ4n) is 2.07. The van der Waals surface area contributed by atoms with Crippen molar-refractivity contribution in [2.24, 2.45) is 0 Å². The summed E-state index contributed by atoms with van der Waals surface area (Å²) in [7, 11) is 1.66. The van der Waals surface area contributed by atoms with Gasteiger partial charge < -0.3 is 4.74 Å². The van der Waals surface area contributed by atoms with Crippen LogP contribution in [0, 0.1) is 11.3 Å². The van der Waals surface area contributed by atoms with E-state index in [0.717, 1.165) is 26.9 Å². The Balaban J connectivity index is 2.57. The molecule has 1 aromatic carbocycles. The molecule has 0 saturated heterocycles. The highest BCUT2D eigenvalue weighted by Gasteiger charge is 2.24. The van der Waals surface area contributed by atoms with E-state index in [2.05, 4.69) is 26.8 Å². The average molecular weight is 286 g/mol. The maximum atomic E-state index is 8.99. The SMILES string of the molecule is COc1ccccc1-c1nc(C(C)(C)C)c(CC#N)s1. The van der Waals surface area contributed by atoms with Crippen molar-refractivity contribution in [1.82, 2.24) is 4.98 Å². The Hall–Kier alpha value is -1.86. The molecule has 4 heteroatoms. The van der Waals surface area contributed by atoms with Gasteiger partial charge in [0.1, 0.15) is 10.8 Å². The summed E-state index contributed by atoms with van der Waals surface area (Å²) in [5, 5.41) is 9.91. The van der Waals surface area contributed by atoms with Gasteiger partial charge in [-0.15, -0.1) is 11.3 Å². The largest absolute Gasteiger partial charge is 0.496 e. The summed E-state index contributed by atoms with van der Waals surface area (Å²) in [6.07, 6.45) is 0.402. The molecule has 0 atom stereocenters. The van der Waals surface area contributed by atoms with E-state index >= 15 is 0 Å². The van der Waals surface area contributed by atoms with Gasteiger partial charge in [0.2, 0.25) is 0 Å². The topological polar surface area (TPSA) is 45.9 Å². The van der Waals surface area contributed by atoms with Gasteiger partial charge in [0.15, 0.2) is 0 Å². The Kier molecular flexibility index (Phi) is 4.10. The first-order valence-electron chi connectivity index (χ1n) is 6.48. The molecule has 0 aliphatic heterocycles. The van der Waals surface area contributed by atoms with Gasteiger partial charge in [-0.1, -0.05) is 32.9 Å². The summed E-state index contributed by atoms with van der Waals surface area (Å²) >= 11 is 1.58. The molecule has 0 saturated carbocycles. The molecule has 1 heterocycles. The molecule has 0 N–H and O–H groups in total. The lowest BCUT2D eigenvalue weighted by molar-refractivity contribution is 0.416. The number of rotatable bonds is 3. The molecule has 2 rings (SSSR count). The fourth-order valence-corrected chi connectivity index (χ4v) is 3.30. The van der Waals surface area contributed by atoms with Crippen LogP contribution >= 0.6 is 11.3 Å². The minimum Gasteiger partial charge on any atom is -0.496 e. The van der Waals surface area contributed by atoms with Gasteiger partial charge in [-0.25, -0.2) is 4.98 Å². The summed E-state index contributed by atoms with van der Waals surface area (Å²) in [6.45, 7) is 6.36. The van der Waals surface area contributed by atoms with Crippen molar-refractivity contribution in [3.8, 4) is 22.4 Å². The molecule has 3 nitrogen and oxygen atoms in total. The Morgan fingerprint density at radius 3 is 2.60 bits per heavy atom. The third-order valence-corrected chi connectivity index (χ3v) is 4.07. The summed E-state index contributed by atoms with van der Waals surface area (Å²) < 4.78 is 5.40. The van der Waals surface area contributed by atoms with E-state index in [1.54, 1.807) is 18.4 Å². The minimum atomic E-state index is -0.0665. The summed E-state index contributed by atoms with van der Waals surface area (Å²) in [6, 6.07) is 10.1. The number of hydrogen-bond acceptors (Lipinski definition) is 4. The summed E-state index contributed by atoms with van der Waals surface area (Å²) in [5.41, 5.74) is 1.92. The molecule has 0 unspecified atom stereocenters. The molecule has 0 amide bonds. The van der Waals surface area contributed by atoms with E-state index in [4.69, 9.17) is 15.0 Å². The van der Waals surface area contributed by atoms with E-state index in [1.165, 1.54) is 0 Å². The van der Waals surface area contributed by atoms with E-state index in [1.807, 2.05) is 24.3 Å². The maximum absolute atomic E-state index is 8.99. The predicted molar refractivity (Wildman–Crippen MR) is 82.1 cm³/mol. The lowest BCUT2D eigenvalue weighted by Gasteiger charge is -2.16. The molecule has 1 aromatic heterocycles.